The minimum Gasteiger partial charge on any atom is -0.484 e. The smallest absolute Gasteiger partial charge is 0.330 e. The molecule has 9 heteroatoms. The summed E-state index contributed by atoms with van der Waals surface area (Å²) >= 11 is 4.42. The van der Waals surface area contributed by atoms with E-state index in [0.717, 1.165) is 0 Å². The minimum atomic E-state index is -1.20. The highest BCUT2D eigenvalue weighted by Crippen LogP contribution is 2.60. The number of likely N-dealkylation sites (tertiary alicyclic amines) is 1. The molecule has 0 radical (unpaired) electrons. The number of rotatable bonds is 7. The maximum absolute atomic E-state index is 12.8. The van der Waals surface area contributed by atoms with Crippen molar-refractivity contribution in [3.63, 3.8) is 0 Å². The molecular formula is C18H23N3O5S. The molecule has 1 unspecified atom stereocenters. The lowest BCUT2D eigenvalue weighted by atomic mass is 9.92. The minimum absolute atomic E-state index is 0.216. The zero-order valence-electron chi connectivity index (χ0n) is 15.4. The third-order valence-corrected chi connectivity index (χ3v) is 5.22. The highest BCUT2D eigenvalue weighted by Gasteiger charge is 2.87. The number of hydrogen-bond donors (Lipinski definition) is 3. The summed E-state index contributed by atoms with van der Waals surface area (Å²) in [5.41, 5.74) is 3.99. The van der Waals surface area contributed by atoms with Gasteiger partial charge in [0.05, 0.1) is 7.11 Å². The van der Waals surface area contributed by atoms with Crippen molar-refractivity contribution in [3.05, 3.63) is 30.3 Å². The molecule has 146 valence electrons. The van der Waals surface area contributed by atoms with E-state index in [0.29, 0.717) is 5.75 Å². The number of methoxy groups -OCH3 is 1. The molecule has 1 aliphatic heterocycles. The van der Waals surface area contributed by atoms with Crippen LogP contribution >= 0.6 is 12.6 Å². The van der Waals surface area contributed by atoms with Crippen LogP contribution < -0.4 is 15.8 Å². The zero-order valence-corrected chi connectivity index (χ0v) is 16.3. The van der Waals surface area contributed by atoms with Crippen LogP contribution in [0.25, 0.3) is 0 Å². The van der Waals surface area contributed by atoms with E-state index < -0.39 is 39.8 Å². The number of ether oxygens (including phenoxy) is 2. The molecule has 1 aliphatic carbocycles. The maximum atomic E-state index is 12.8. The Morgan fingerprint density at radius 3 is 2.52 bits per heavy atom. The first-order chi connectivity index (χ1) is 12.6. The summed E-state index contributed by atoms with van der Waals surface area (Å²) in [6.07, 6.45) is 0.216. The molecule has 2 fully saturated rings. The van der Waals surface area contributed by atoms with Crippen molar-refractivity contribution in [3.8, 4) is 5.75 Å². The van der Waals surface area contributed by atoms with Gasteiger partial charge in [0.2, 0.25) is 0 Å². The van der Waals surface area contributed by atoms with Gasteiger partial charge in [-0.1, -0.05) is 18.2 Å². The van der Waals surface area contributed by atoms with Gasteiger partial charge in [0.1, 0.15) is 17.5 Å². The first-order valence-corrected chi connectivity index (χ1v) is 8.93. The van der Waals surface area contributed by atoms with Gasteiger partial charge < -0.3 is 25.4 Å². The zero-order chi connectivity index (χ0) is 20.0. The second kappa shape index (κ2) is 6.42. The lowest BCUT2D eigenvalue weighted by Crippen LogP contribution is -2.79. The number of nitrogens with two attached hydrogens (primary N) is 1. The van der Waals surface area contributed by atoms with Crippen molar-refractivity contribution in [2.45, 2.75) is 42.3 Å². The second-order valence-electron chi connectivity index (χ2n) is 7.41. The highest BCUT2D eigenvalue weighted by molar-refractivity contribution is 7.81. The summed E-state index contributed by atoms with van der Waals surface area (Å²) in [6, 6.07) is 7.90. The van der Waals surface area contributed by atoms with Crippen molar-refractivity contribution < 1.29 is 23.9 Å². The standard InChI is InChI=1S/C18H23N3O5S/c1-16(2,27)13(14(23)25-3)21-15(24)17(10-18(17,21)19)20-12(22)9-26-11-7-5-4-6-8-11/h4-8,13,27H,9-10,19H2,1-3H3,(H,20,22)/t13?,17-,18-/m1/s1. The van der Waals surface area contributed by atoms with E-state index in [1.54, 1.807) is 38.1 Å². The number of benzene rings is 1. The Balaban J connectivity index is 1.67. The fourth-order valence-electron chi connectivity index (χ4n) is 3.56. The SMILES string of the molecule is COC(=O)C(N1C(=O)[C@]2(NC(=O)COc3ccccc3)C[C@@]12N)C(C)(C)S. The number of fused-ring (bicyclic) bond motifs is 1. The predicted octanol–water partition coefficient (Wildman–Crippen LogP) is 0.0713. The van der Waals surface area contributed by atoms with Gasteiger partial charge in [-0.25, -0.2) is 4.79 Å². The molecule has 0 spiro atoms. The summed E-state index contributed by atoms with van der Waals surface area (Å²) in [7, 11) is 1.24. The quantitative estimate of drug-likeness (QED) is 0.344. The fourth-order valence-corrected chi connectivity index (χ4v) is 3.78. The number of β-lactam (4-membered cyclic amide) rings is 1. The monoisotopic (exact) mass is 393 g/mol. The largest absolute Gasteiger partial charge is 0.484 e. The molecule has 3 rings (SSSR count). The second-order valence-corrected chi connectivity index (χ2v) is 8.56. The molecule has 1 saturated heterocycles. The summed E-state index contributed by atoms with van der Waals surface area (Å²) in [5.74, 6) is -0.939. The van der Waals surface area contributed by atoms with Crippen molar-refractivity contribution in [2.24, 2.45) is 5.73 Å². The van der Waals surface area contributed by atoms with Gasteiger partial charge in [-0.05, 0) is 26.0 Å². The number of thiol groups is 1. The number of esters is 1. The van der Waals surface area contributed by atoms with Crippen LogP contribution in [0.15, 0.2) is 30.3 Å². The van der Waals surface area contributed by atoms with Gasteiger partial charge in [-0.3, -0.25) is 9.59 Å². The average Bonchev–Trinajstić information content (AvgIpc) is 3.16. The number of nitrogens with one attached hydrogen (secondary N) is 1. The first-order valence-electron chi connectivity index (χ1n) is 8.48. The fraction of sp³-hybridized carbons (Fsp3) is 0.500. The number of carbonyl (C=O) groups is 3. The van der Waals surface area contributed by atoms with Gasteiger partial charge >= 0.3 is 5.97 Å². The van der Waals surface area contributed by atoms with Gasteiger partial charge in [0.15, 0.2) is 12.1 Å². The van der Waals surface area contributed by atoms with Crippen LogP contribution in [-0.4, -0.2) is 58.4 Å². The third kappa shape index (κ3) is 3.04. The average molecular weight is 393 g/mol. The van der Waals surface area contributed by atoms with E-state index in [2.05, 4.69) is 17.9 Å². The van der Waals surface area contributed by atoms with Crippen molar-refractivity contribution in [1.82, 2.24) is 10.2 Å². The normalized spacial score (nSPS) is 27.1. The van der Waals surface area contributed by atoms with Crippen LogP contribution in [0.1, 0.15) is 20.3 Å². The molecule has 1 heterocycles. The Morgan fingerprint density at radius 2 is 2.00 bits per heavy atom. The Hall–Kier alpha value is -2.26. The van der Waals surface area contributed by atoms with E-state index in [1.807, 2.05) is 6.07 Å². The predicted molar refractivity (Wildman–Crippen MR) is 100 cm³/mol. The van der Waals surface area contributed by atoms with Gasteiger partial charge in [-0.15, -0.1) is 0 Å². The van der Waals surface area contributed by atoms with E-state index in [1.165, 1.54) is 12.0 Å². The Labute approximate surface area is 162 Å². The molecule has 1 aromatic rings. The molecule has 3 N–H and O–H groups in total. The summed E-state index contributed by atoms with van der Waals surface area (Å²) in [6.45, 7) is 3.15. The molecular weight excluding hydrogens is 370 g/mol. The molecule has 3 atom stereocenters. The van der Waals surface area contributed by atoms with Crippen molar-refractivity contribution in [2.75, 3.05) is 13.7 Å². The van der Waals surface area contributed by atoms with E-state index in [-0.39, 0.29) is 13.0 Å². The summed E-state index contributed by atoms with van der Waals surface area (Å²) < 4.78 is 9.33. The number of amides is 2. The lowest BCUT2D eigenvalue weighted by molar-refractivity contribution is -0.169. The molecule has 2 aliphatic rings. The Bertz CT molecular complexity index is 781. The Kier molecular flexibility index (Phi) is 4.63. The van der Waals surface area contributed by atoms with Crippen LogP contribution in [0.2, 0.25) is 0 Å². The third-order valence-electron chi connectivity index (χ3n) is 4.98. The molecule has 0 bridgehead atoms. The lowest BCUT2D eigenvalue weighted by Gasteiger charge is -2.50. The number of hydrogen-bond acceptors (Lipinski definition) is 7. The molecule has 1 saturated carbocycles. The highest BCUT2D eigenvalue weighted by atomic mass is 32.1. The molecule has 2 amide bonds. The van der Waals surface area contributed by atoms with Crippen LogP contribution in [0.5, 0.6) is 5.75 Å². The van der Waals surface area contributed by atoms with E-state index in [4.69, 9.17) is 15.2 Å². The molecule has 8 nitrogen and oxygen atoms in total. The molecule has 1 aromatic carbocycles. The summed E-state index contributed by atoms with van der Waals surface area (Å²) in [4.78, 5) is 38.5. The van der Waals surface area contributed by atoms with Crippen LogP contribution in [0.4, 0.5) is 0 Å². The van der Waals surface area contributed by atoms with Crippen molar-refractivity contribution >= 4 is 30.4 Å². The topological polar surface area (TPSA) is 111 Å². The van der Waals surface area contributed by atoms with Gasteiger partial charge in [0.25, 0.3) is 11.8 Å². The van der Waals surface area contributed by atoms with Crippen LogP contribution in [0.3, 0.4) is 0 Å². The number of para-hydroxylation sites is 1. The van der Waals surface area contributed by atoms with Gasteiger partial charge in [0, 0.05) is 11.2 Å². The summed E-state index contributed by atoms with van der Waals surface area (Å²) in [5, 5.41) is 2.66. The van der Waals surface area contributed by atoms with Crippen molar-refractivity contribution in [1.29, 1.82) is 0 Å². The number of carbonyl (C=O) groups excluding carboxylic acids is 3. The first kappa shape index (κ1) is 19.5. The van der Waals surface area contributed by atoms with Crippen LogP contribution in [-0.2, 0) is 19.1 Å². The number of nitrogens with zero attached hydrogens (tertiary/aromatic N) is 1. The molecule has 27 heavy (non-hydrogen) atoms. The van der Waals surface area contributed by atoms with Gasteiger partial charge in [-0.2, -0.15) is 12.6 Å². The van der Waals surface area contributed by atoms with Crippen LogP contribution in [0, 0.1) is 0 Å². The van der Waals surface area contributed by atoms with E-state index in [9.17, 15) is 14.4 Å². The molecule has 0 aromatic heterocycles. The van der Waals surface area contributed by atoms with E-state index >= 15 is 0 Å². The maximum Gasteiger partial charge on any atom is 0.330 e. The Morgan fingerprint density at radius 1 is 1.37 bits per heavy atom.